The van der Waals surface area contributed by atoms with Crippen LogP contribution in [0.3, 0.4) is 0 Å². The molecule has 0 spiro atoms. The van der Waals surface area contributed by atoms with Crippen LogP contribution in [0, 0.1) is 5.92 Å². The standard InChI is InChI=1S/C10H20O/c1-3-5-6-7-10(4-2)8-9-11/h6-7,10-11H,3-5,8-9H2,1-2H3/b7-6+/t10-/m0/s1. The van der Waals surface area contributed by atoms with Gasteiger partial charge in [0.2, 0.25) is 0 Å². The van der Waals surface area contributed by atoms with Gasteiger partial charge < -0.3 is 5.11 Å². The molecule has 0 unspecified atom stereocenters. The van der Waals surface area contributed by atoms with Gasteiger partial charge in [-0.1, -0.05) is 32.4 Å². The Kier molecular flexibility index (Phi) is 7.59. The maximum Gasteiger partial charge on any atom is 0.0436 e. The molecule has 0 aliphatic carbocycles. The van der Waals surface area contributed by atoms with Crippen molar-refractivity contribution in [3.05, 3.63) is 12.2 Å². The van der Waals surface area contributed by atoms with Gasteiger partial charge in [-0.05, 0) is 25.2 Å². The van der Waals surface area contributed by atoms with E-state index in [2.05, 4.69) is 26.0 Å². The fourth-order valence-corrected chi connectivity index (χ4v) is 1.06. The average molecular weight is 156 g/mol. The van der Waals surface area contributed by atoms with Gasteiger partial charge in [0.1, 0.15) is 0 Å². The summed E-state index contributed by atoms with van der Waals surface area (Å²) in [5, 5.41) is 8.69. The van der Waals surface area contributed by atoms with Gasteiger partial charge in [-0.15, -0.1) is 0 Å². The molecule has 0 heterocycles. The highest BCUT2D eigenvalue weighted by atomic mass is 16.3. The lowest BCUT2D eigenvalue weighted by atomic mass is 10.0. The van der Waals surface area contributed by atoms with Gasteiger partial charge in [0.25, 0.3) is 0 Å². The number of hydrogen-bond acceptors (Lipinski definition) is 1. The van der Waals surface area contributed by atoms with E-state index in [1.807, 2.05) is 0 Å². The molecule has 1 atom stereocenters. The Morgan fingerprint density at radius 2 is 2.09 bits per heavy atom. The molecule has 0 aromatic rings. The summed E-state index contributed by atoms with van der Waals surface area (Å²) in [7, 11) is 0. The monoisotopic (exact) mass is 156 g/mol. The molecule has 1 N–H and O–H groups in total. The summed E-state index contributed by atoms with van der Waals surface area (Å²) in [6, 6.07) is 0. The first-order chi connectivity index (χ1) is 5.35. The van der Waals surface area contributed by atoms with Crippen molar-refractivity contribution < 1.29 is 5.11 Å². The van der Waals surface area contributed by atoms with Crippen LogP contribution in [0.25, 0.3) is 0 Å². The van der Waals surface area contributed by atoms with E-state index in [-0.39, 0.29) is 0 Å². The Morgan fingerprint density at radius 3 is 2.55 bits per heavy atom. The molecule has 0 saturated carbocycles. The molecule has 0 amide bonds. The average Bonchev–Trinajstić information content (AvgIpc) is 2.03. The summed E-state index contributed by atoms with van der Waals surface area (Å²) in [4.78, 5) is 0. The van der Waals surface area contributed by atoms with E-state index < -0.39 is 0 Å². The van der Waals surface area contributed by atoms with Gasteiger partial charge in [0.15, 0.2) is 0 Å². The molecule has 1 heteroatoms. The zero-order chi connectivity index (χ0) is 8.53. The maximum absolute atomic E-state index is 8.69. The van der Waals surface area contributed by atoms with E-state index in [4.69, 9.17) is 5.11 Å². The predicted octanol–water partition coefficient (Wildman–Crippen LogP) is 2.75. The summed E-state index contributed by atoms with van der Waals surface area (Å²) in [6.45, 7) is 4.66. The number of aliphatic hydroxyl groups is 1. The van der Waals surface area contributed by atoms with Crippen molar-refractivity contribution in [1.82, 2.24) is 0 Å². The van der Waals surface area contributed by atoms with Crippen LogP contribution in [-0.4, -0.2) is 11.7 Å². The second-order valence-electron chi connectivity index (χ2n) is 2.90. The van der Waals surface area contributed by atoms with Crippen molar-refractivity contribution in [3.8, 4) is 0 Å². The SMILES string of the molecule is CCC/C=C/[C@H](CC)CCO. The summed E-state index contributed by atoms with van der Waals surface area (Å²) >= 11 is 0. The molecule has 0 aliphatic rings. The van der Waals surface area contributed by atoms with Crippen LogP contribution in [-0.2, 0) is 0 Å². The number of unbranched alkanes of at least 4 members (excludes halogenated alkanes) is 1. The topological polar surface area (TPSA) is 20.2 Å². The Morgan fingerprint density at radius 1 is 1.36 bits per heavy atom. The molecule has 66 valence electrons. The zero-order valence-corrected chi connectivity index (χ0v) is 7.71. The van der Waals surface area contributed by atoms with Crippen molar-refractivity contribution in [1.29, 1.82) is 0 Å². The number of allylic oxidation sites excluding steroid dienone is 2. The Balaban J connectivity index is 3.49. The molecule has 0 saturated heterocycles. The largest absolute Gasteiger partial charge is 0.396 e. The Bertz CT molecular complexity index is 97.0. The molecule has 0 aromatic carbocycles. The van der Waals surface area contributed by atoms with Crippen molar-refractivity contribution in [3.63, 3.8) is 0 Å². The highest BCUT2D eigenvalue weighted by Gasteiger charge is 1.98. The Hall–Kier alpha value is -0.300. The minimum absolute atomic E-state index is 0.314. The van der Waals surface area contributed by atoms with Gasteiger partial charge in [0.05, 0.1) is 0 Å². The van der Waals surface area contributed by atoms with Crippen molar-refractivity contribution >= 4 is 0 Å². The van der Waals surface area contributed by atoms with E-state index in [0.29, 0.717) is 12.5 Å². The van der Waals surface area contributed by atoms with Crippen molar-refractivity contribution in [2.45, 2.75) is 39.5 Å². The quantitative estimate of drug-likeness (QED) is 0.586. The lowest BCUT2D eigenvalue weighted by Crippen LogP contribution is -1.97. The summed E-state index contributed by atoms with van der Waals surface area (Å²) in [5.74, 6) is 0.589. The van der Waals surface area contributed by atoms with Gasteiger partial charge in [-0.25, -0.2) is 0 Å². The second-order valence-corrected chi connectivity index (χ2v) is 2.90. The van der Waals surface area contributed by atoms with Crippen LogP contribution in [0.1, 0.15) is 39.5 Å². The smallest absolute Gasteiger partial charge is 0.0436 e. The molecule has 0 radical (unpaired) electrons. The van der Waals surface area contributed by atoms with E-state index in [1.54, 1.807) is 0 Å². The summed E-state index contributed by atoms with van der Waals surface area (Å²) in [6.07, 6.45) is 8.90. The van der Waals surface area contributed by atoms with Gasteiger partial charge >= 0.3 is 0 Å². The fraction of sp³-hybridized carbons (Fsp3) is 0.800. The minimum Gasteiger partial charge on any atom is -0.396 e. The highest BCUT2D eigenvalue weighted by Crippen LogP contribution is 2.09. The maximum atomic E-state index is 8.69. The Labute approximate surface area is 70.1 Å². The first-order valence-corrected chi connectivity index (χ1v) is 4.62. The molecule has 0 fully saturated rings. The minimum atomic E-state index is 0.314. The normalized spacial score (nSPS) is 14.1. The zero-order valence-electron chi connectivity index (χ0n) is 7.71. The summed E-state index contributed by atoms with van der Waals surface area (Å²) in [5.41, 5.74) is 0. The van der Waals surface area contributed by atoms with E-state index in [1.165, 1.54) is 12.8 Å². The molecule has 11 heavy (non-hydrogen) atoms. The second kappa shape index (κ2) is 7.80. The fourth-order valence-electron chi connectivity index (χ4n) is 1.06. The first-order valence-electron chi connectivity index (χ1n) is 4.62. The van der Waals surface area contributed by atoms with Crippen LogP contribution in [0.2, 0.25) is 0 Å². The van der Waals surface area contributed by atoms with E-state index in [9.17, 15) is 0 Å². The number of rotatable bonds is 6. The number of hydrogen-bond donors (Lipinski definition) is 1. The molecule has 0 bridgehead atoms. The molecular formula is C10H20O. The molecule has 0 aromatic heterocycles. The van der Waals surface area contributed by atoms with Crippen LogP contribution in [0.5, 0.6) is 0 Å². The molecular weight excluding hydrogens is 136 g/mol. The first kappa shape index (κ1) is 10.7. The van der Waals surface area contributed by atoms with Crippen LogP contribution >= 0.6 is 0 Å². The lowest BCUT2D eigenvalue weighted by Gasteiger charge is -2.06. The van der Waals surface area contributed by atoms with Gasteiger partial charge in [-0.2, -0.15) is 0 Å². The third-order valence-electron chi connectivity index (χ3n) is 1.89. The van der Waals surface area contributed by atoms with Crippen LogP contribution < -0.4 is 0 Å². The number of aliphatic hydroxyl groups excluding tert-OH is 1. The highest BCUT2D eigenvalue weighted by molar-refractivity contribution is 4.87. The van der Waals surface area contributed by atoms with E-state index in [0.717, 1.165) is 12.8 Å². The molecule has 1 nitrogen and oxygen atoms in total. The van der Waals surface area contributed by atoms with E-state index >= 15 is 0 Å². The van der Waals surface area contributed by atoms with Crippen LogP contribution in [0.15, 0.2) is 12.2 Å². The third kappa shape index (κ3) is 6.11. The van der Waals surface area contributed by atoms with Gasteiger partial charge in [-0.3, -0.25) is 0 Å². The van der Waals surface area contributed by atoms with Gasteiger partial charge in [0, 0.05) is 6.61 Å². The van der Waals surface area contributed by atoms with Crippen molar-refractivity contribution in [2.75, 3.05) is 6.61 Å². The predicted molar refractivity (Wildman–Crippen MR) is 49.5 cm³/mol. The lowest BCUT2D eigenvalue weighted by molar-refractivity contribution is 0.268. The molecule has 0 rings (SSSR count). The molecule has 0 aliphatic heterocycles. The summed E-state index contributed by atoms with van der Waals surface area (Å²) < 4.78 is 0. The van der Waals surface area contributed by atoms with Crippen LogP contribution in [0.4, 0.5) is 0 Å². The van der Waals surface area contributed by atoms with Crippen molar-refractivity contribution in [2.24, 2.45) is 5.92 Å². The third-order valence-corrected chi connectivity index (χ3v) is 1.89.